The number of halogens is 1. The van der Waals surface area contributed by atoms with E-state index in [9.17, 15) is 9.50 Å². The van der Waals surface area contributed by atoms with E-state index in [1.54, 1.807) is 6.07 Å². The molecule has 1 saturated heterocycles. The molecule has 19 heavy (non-hydrogen) atoms. The summed E-state index contributed by atoms with van der Waals surface area (Å²) in [4.78, 5) is 2.49. The quantitative estimate of drug-likeness (QED) is 0.804. The van der Waals surface area contributed by atoms with Gasteiger partial charge < -0.3 is 15.3 Å². The number of aromatic hydroxyl groups is 1. The van der Waals surface area contributed by atoms with E-state index in [4.69, 9.17) is 0 Å². The maximum atomic E-state index is 13.1. The summed E-state index contributed by atoms with van der Waals surface area (Å²) in [6, 6.07) is 4.18. The Bertz CT molecular complexity index is 369. The number of nitrogens with one attached hydrogen (secondary N) is 1. The number of nitrogens with zero attached hydrogens (tertiary/aromatic N) is 1. The molecule has 2 rings (SSSR count). The summed E-state index contributed by atoms with van der Waals surface area (Å²) in [6.45, 7) is 4.93. The molecule has 1 aliphatic rings. The first kappa shape index (κ1) is 14.3. The van der Waals surface area contributed by atoms with Crippen LogP contribution in [0.3, 0.4) is 0 Å². The second kappa shape index (κ2) is 7.46. The van der Waals surface area contributed by atoms with Crippen LogP contribution in [0.1, 0.15) is 31.2 Å². The minimum absolute atomic E-state index is 0.00989. The fourth-order valence-electron chi connectivity index (χ4n) is 2.57. The first-order chi connectivity index (χ1) is 9.24. The van der Waals surface area contributed by atoms with Crippen LogP contribution in [-0.4, -0.2) is 36.2 Å². The Labute approximate surface area is 114 Å². The van der Waals surface area contributed by atoms with Gasteiger partial charge in [0, 0.05) is 25.7 Å². The van der Waals surface area contributed by atoms with Gasteiger partial charge in [0.2, 0.25) is 0 Å². The molecule has 1 aliphatic heterocycles. The largest absolute Gasteiger partial charge is 0.508 e. The molecule has 0 atom stereocenters. The Morgan fingerprint density at radius 1 is 1.11 bits per heavy atom. The Balaban J connectivity index is 1.68. The van der Waals surface area contributed by atoms with Crippen LogP contribution in [0.5, 0.6) is 5.75 Å². The molecule has 106 valence electrons. The first-order valence-electron chi connectivity index (χ1n) is 7.15. The summed E-state index contributed by atoms with van der Waals surface area (Å²) >= 11 is 0. The van der Waals surface area contributed by atoms with Crippen LogP contribution < -0.4 is 5.32 Å². The van der Waals surface area contributed by atoms with Crippen molar-refractivity contribution in [2.24, 2.45) is 0 Å². The Hall–Kier alpha value is -1.13. The molecule has 0 amide bonds. The molecule has 1 heterocycles. The number of phenols is 1. The van der Waals surface area contributed by atoms with Crippen molar-refractivity contribution >= 4 is 0 Å². The zero-order valence-electron chi connectivity index (χ0n) is 11.4. The highest BCUT2D eigenvalue weighted by Crippen LogP contribution is 2.14. The minimum Gasteiger partial charge on any atom is -0.508 e. The van der Waals surface area contributed by atoms with E-state index in [2.05, 4.69) is 10.2 Å². The van der Waals surface area contributed by atoms with Crippen LogP contribution in [0.2, 0.25) is 0 Å². The van der Waals surface area contributed by atoms with Gasteiger partial charge in [0.15, 0.2) is 0 Å². The van der Waals surface area contributed by atoms with E-state index in [0.717, 1.165) is 24.7 Å². The summed E-state index contributed by atoms with van der Waals surface area (Å²) in [5.74, 6) is -0.395. The van der Waals surface area contributed by atoms with Gasteiger partial charge in [0.25, 0.3) is 0 Å². The van der Waals surface area contributed by atoms with Gasteiger partial charge in [-0.2, -0.15) is 0 Å². The zero-order chi connectivity index (χ0) is 13.5. The molecule has 0 aliphatic carbocycles. The van der Waals surface area contributed by atoms with Crippen molar-refractivity contribution in [2.45, 2.75) is 32.2 Å². The van der Waals surface area contributed by atoms with Crippen molar-refractivity contribution in [3.05, 3.63) is 29.6 Å². The van der Waals surface area contributed by atoms with Gasteiger partial charge in [0.1, 0.15) is 11.6 Å². The molecule has 0 aromatic heterocycles. The maximum Gasteiger partial charge on any atom is 0.127 e. The SMILES string of the molecule is Oc1cc(F)cc(CNCCN2CCCCCC2)c1. The second-order valence-electron chi connectivity index (χ2n) is 5.25. The number of hydrogen-bond donors (Lipinski definition) is 2. The lowest BCUT2D eigenvalue weighted by Crippen LogP contribution is -2.32. The Kier molecular flexibility index (Phi) is 5.61. The molecule has 3 nitrogen and oxygen atoms in total. The third-order valence-electron chi connectivity index (χ3n) is 3.57. The third kappa shape index (κ3) is 5.17. The number of likely N-dealkylation sites (tertiary alicyclic amines) is 1. The topological polar surface area (TPSA) is 35.5 Å². The van der Waals surface area contributed by atoms with E-state index in [0.29, 0.717) is 6.54 Å². The van der Waals surface area contributed by atoms with E-state index in [1.165, 1.54) is 44.8 Å². The highest BCUT2D eigenvalue weighted by molar-refractivity contribution is 5.28. The molecule has 1 aromatic carbocycles. The second-order valence-corrected chi connectivity index (χ2v) is 5.25. The van der Waals surface area contributed by atoms with Crippen molar-refractivity contribution in [1.29, 1.82) is 0 Å². The standard InChI is InChI=1S/C15H23FN2O/c16-14-9-13(10-15(19)11-14)12-17-5-8-18-6-3-1-2-4-7-18/h9-11,17,19H,1-8,12H2. The van der Waals surface area contributed by atoms with E-state index >= 15 is 0 Å². The normalized spacial score (nSPS) is 17.3. The van der Waals surface area contributed by atoms with Crippen LogP contribution in [0, 0.1) is 5.82 Å². The predicted octanol–water partition coefficient (Wildman–Crippen LogP) is 2.50. The van der Waals surface area contributed by atoms with Gasteiger partial charge in [-0.15, -0.1) is 0 Å². The highest BCUT2D eigenvalue weighted by atomic mass is 19.1. The van der Waals surface area contributed by atoms with Crippen LogP contribution in [0.25, 0.3) is 0 Å². The molecule has 0 saturated carbocycles. The molecular weight excluding hydrogens is 243 g/mol. The van der Waals surface area contributed by atoms with Gasteiger partial charge in [0.05, 0.1) is 0 Å². The number of hydrogen-bond acceptors (Lipinski definition) is 3. The van der Waals surface area contributed by atoms with Crippen LogP contribution in [-0.2, 0) is 6.54 Å². The van der Waals surface area contributed by atoms with Gasteiger partial charge in [-0.3, -0.25) is 0 Å². The molecule has 0 radical (unpaired) electrons. The summed E-state index contributed by atoms with van der Waals surface area (Å²) in [6.07, 6.45) is 5.31. The maximum absolute atomic E-state index is 13.1. The summed E-state index contributed by atoms with van der Waals surface area (Å²) in [5.41, 5.74) is 0.786. The number of phenolic OH excluding ortho intramolecular Hbond substituents is 1. The zero-order valence-corrected chi connectivity index (χ0v) is 11.4. The molecule has 4 heteroatoms. The average Bonchev–Trinajstić information content (AvgIpc) is 2.62. The van der Waals surface area contributed by atoms with Gasteiger partial charge in [-0.25, -0.2) is 4.39 Å². The van der Waals surface area contributed by atoms with Crippen LogP contribution >= 0.6 is 0 Å². The molecule has 0 bridgehead atoms. The van der Waals surface area contributed by atoms with Gasteiger partial charge in [-0.1, -0.05) is 12.8 Å². The monoisotopic (exact) mass is 266 g/mol. The molecule has 2 N–H and O–H groups in total. The van der Waals surface area contributed by atoms with Crippen LogP contribution in [0.4, 0.5) is 4.39 Å². The fourth-order valence-corrected chi connectivity index (χ4v) is 2.57. The highest BCUT2D eigenvalue weighted by Gasteiger charge is 2.08. The van der Waals surface area contributed by atoms with Crippen molar-refractivity contribution in [2.75, 3.05) is 26.2 Å². The lowest BCUT2D eigenvalue weighted by Gasteiger charge is -2.19. The number of rotatable bonds is 5. The summed E-state index contributed by atoms with van der Waals surface area (Å²) in [5, 5.41) is 12.6. The first-order valence-corrected chi connectivity index (χ1v) is 7.15. The van der Waals surface area contributed by atoms with Crippen molar-refractivity contribution in [1.82, 2.24) is 10.2 Å². The third-order valence-corrected chi connectivity index (χ3v) is 3.57. The molecular formula is C15H23FN2O. The van der Waals surface area contributed by atoms with Crippen molar-refractivity contribution in [3.63, 3.8) is 0 Å². The Morgan fingerprint density at radius 3 is 2.53 bits per heavy atom. The fraction of sp³-hybridized carbons (Fsp3) is 0.600. The summed E-state index contributed by atoms with van der Waals surface area (Å²) in [7, 11) is 0. The Morgan fingerprint density at radius 2 is 1.84 bits per heavy atom. The van der Waals surface area contributed by atoms with E-state index in [-0.39, 0.29) is 11.6 Å². The lowest BCUT2D eigenvalue weighted by atomic mass is 10.2. The van der Waals surface area contributed by atoms with E-state index < -0.39 is 0 Å². The predicted molar refractivity (Wildman–Crippen MR) is 74.7 cm³/mol. The van der Waals surface area contributed by atoms with Crippen molar-refractivity contribution in [3.8, 4) is 5.75 Å². The van der Waals surface area contributed by atoms with E-state index in [1.807, 2.05) is 0 Å². The van der Waals surface area contributed by atoms with Crippen molar-refractivity contribution < 1.29 is 9.50 Å². The number of benzene rings is 1. The lowest BCUT2D eigenvalue weighted by molar-refractivity contribution is 0.284. The smallest absolute Gasteiger partial charge is 0.127 e. The average molecular weight is 266 g/mol. The molecule has 1 aromatic rings. The summed E-state index contributed by atoms with van der Waals surface area (Å²) < 4.78 is 13.1. The molecule has 1 fully saturated rings. The minimum atomic E-state index is -0.385. The van der Waals surface area contributed by atoms with Gasteiger partial charge >= 0.3 is 0 Å². The molecule has 0 unspecified atom stereocenters. The van der Waals surface area contributed by atoms with Gasteiger partial charge in [-0.05, 0) is 43.6 Å². The molecule has 0 spiro atoms. The van der Waals surface area contributed by atoms with Crippen LogP contribution in [0.15, 0.2) is 18.2 Å².